The second-order valence-electron chi connectivity index (χ2n) is 8.47. The summed E-state index contributed by atoms with van der Waals surface area (Å²) < 4.78 is 12.3. The van der Waals surface area contributed by atoms with E-state index in [2.05, 4.69) is 46.9 Å². The average Bonchev–Trinajstić information content (AvgIpc) is 2.55. The molecule has 3 aromatic carbocycles. The van der Waals surface area contributed by atoms with Crippen LogP contribution in [0.1, 0.15) is 26.3 Å². The van der Waals surface area contributed by atoms with Gasteiger partial charge in [0.1, 0.15) is 11.5 Å². The number of methoxy groups -OCH3 is 1. The predicted molar refractivity (Wildman–Crippen MR) is 112 cm³/mol. The standard InChI is InChI=1S/C22H28O3Si/c1-14-17-11-15-9-8-10-19(23)18(15)12-16(17)13-20(24-5)21(14)25-26(6,7)22(2,3)4/h8-13,23H,1-7H3. The van der Waals surface area contributed by atoms with Crippen LogP contribution in [0.15, 0.2) is 36.4 Å². The van der Waals surface area contributed by atoms with E-state index in [0.717, 1.165) is 38.6 Å². The normalized spacial score (nSPS) is 12.6. The smallest absolute Gasteiger partial charge is 0.250 e. The highest BCUT2D eigenvalue weighted by Gasteiger charge is 2.40. The maximum absolute atomic E-state index is 10.2. The van der Waals surface area contributed by atoms with Crippen molar-refractivity contribution in [2.75, 3.05) is 7.11 Å². The van der Waals surface area contributed by atoms with Gasteiger partial charge in [-0.3, -0.25) is 0 Å². The van der Waals surface area contributed by atoms with Crippen molar-refractivity contribution in [1.29, 1.82) is 0 Å². The molecule has 0 spiro atoms. The van der Waals surface area contributed by atoms with E-state index in [0.29, 0.717) is 5.75 Å². The third kappa shape index (κ3) is 3.03. The lowest BCUT2D eigenvalue weighted by molar-refractivity contribution is 0.385. The fraction of sp³-hybridized carbons (Fsp3) is 0.364. The van der Waals surface area contributed by atoms with Crippen LogP contribution < -0.4 is 9.16 Å². The van der Waals surface area contributed by atoms with E-state index in [-0.39, 0.29) is 5.04 Å². The van der Waals surface area contributed by atoms with Gasteiger partial charge in [-0.2, -0.15) is 0 Å². The van der Waals surface area contributed by atoms with Crippen LogP contribution in [0.3, 0.4) is 0 Å². The highest BCUT2D eigenvalue weighted by Crippen LogP contribution is 2.44. The fourth-order valence-corrected chi connectivity index (χ4v) is 4.04. The number of rotatable bonds is 3. The molecule has 3 aromatic rings. The zero-order chi connectivity index (χ0) is 19.3. The number of aromatic hydroxyl groups is 1. The summed E-state index contributed by atoms with van der Waals surface area (Å²) in [5.41, 5.74) is 1.08. The van der Waals surface area contributed by atoms with Crippen LogP contribution in [0.2, 0.25) is 18.1 Å². The molecule has 0 amide bonds. The monoisotopic (exact) mass is 368 g/mol. The molecule has 4 heteroatoms. The van der Waals surface area contributed by atoms with E-state index >= 15 is 0 Å². The molecule has 3 rings (SSSR count). The van der Waals surface area contributed by atoms with Crippen LogP contribution in [-0.2, 0) is 0 Å². The first-order valence-corrected chi connectivity index (χ1v) is 11.9. The first-order chi connectivity index (χ1) is 12.0. The van der Waals surface area contributed by atoms with Crippen LogP contribution >= 0.6 is 0 Å². The van der Waals surface area contributed by atoms with Gasteiger partial charge in [-0.25, -0.2) is 0 Å². The third-order valence-corrected chi connectivity index (χ3v) is 9.99. The minimum Gasteiger partial charge on any atom is -0.541 e. The van der Waals surface area contributed by atoms with Crippen molar-refractivity contribution in [3.63, 3.8) is 0 Å². The lowest BCUT2D eigenvalue weighted by Crippen LogP contribution is -2.44. The van der Waals surface area contributed by atoms with Gasteiger partial charge in [0.05, 0.1) is 7.11 Å². The Hall–Kier alpha value is -2.20. The molecule has 0 atom stereocenters. The molecule has 1 N–H and O–H groups in total. The van der Waals surface area contributed by atoms with Crippen molar-refractivity contribution in [3.05, 3.63) is 42.0 Å². The van der Waals surface area contributed by atoms with Gasteiger partial charge in [0, 0.05) is 10.9 Å². The summed E-state index contributed by atoms with van der Waals surface area (Å²) in [5, 5.41) is 14.3. The number of ether oxygens (including phenoxy) is 1. The SMILES string of the molecule is COc1cc2cc3c(O)cccc3cc2c(C)c1O[Si](C)(C)C(C)(C)C. The van der Waals surface area contributed by atoms with Gasteiger partial charge in [0.25, 0.3) is 8.32 Å². The van der Waals surface area contributed by atoms with Gasteiger partial charge in [-0.05, 0) is 65.5 Å². The molecule has 0 fully saturated rings. The lowest BCUT2D eigenvalue weighted by atomic mass is 9.99. The van der Waals surface area contributed by atoms with Crippen molar-refractivity contribution in [1.82, 2.24) is 0 Å². The number of phenols is 1. The molecule has 0 aliphatic carbocycles. The van der Waals surface area contributed by atoms with Gasteiger partial charge >= 0.3 is 0 Å². The van der Waals surface area contributed by atoms with Gasteiger partial charge in [-0.15, -0.1) is 0 Å². The van der Waals surface area contributed by atoms with Crippen LogP contribution in [-0.4, -0.2) is 20.5 Å². The second kappa shape index (κ2) is 6.20. The summed E-state index contributed by atoms with van der Waals surface area (Å²) in [6, 6.07) is 11.8. The highest BCUT2D eigenvalue weighted by molar-refractivity contribution is 6.74. The Kier molecular flexibility index (Phi) is 4.43. The lowest BCUT2D eigenvalue weighted by Gasteiger charge is -2.37. The Labute approximate surface area is 156 Å². The number of fused-ring (bicyclic) bond motifs is 2. The Morgan fingerprint density at radius 2 is 1.62 bits per heavy atom. The number of benzene rings is 3. The molecule has 0 unspecified atom stereocenters. The summed E-state index contributed by atoms with van der Waals surface area (Å²) in [4.78, 5) is 0. The Bertz CT molecular complexity index is 984. The topological polar surface area (TPSA) is 38.7 Å². The molecular formula is C22H28O3Si. The van der Waals surface area contributed by atoms with E-state index < -0.39 is 8.32 Å². The molecule has 0 heterocycles. The van der Waals surface area contributed by atoms with Crippen molar-refractivity contribution >= 4 is 29.9 Å². The summed E-state index contributed by atoms with van der Waals surface area (Å²) >= 11 is 0. The Balaban J connectivity index is 2.27. The van der Waals surface area contributed by atoms with Gasteiger partial charge < -0.3 is 14.3 Å². The van der Waals surface area contributed by atoms with Gasteiger partial charge in [0.15, 0.2) is 5.75 Å². The van der Waals surface area contributed by atoms with Crippen LogP contribution in [0.4, 0.5) is 0 Å². The Morgan fingerprint density at radius 1 is 0.962 bits per heavy atom. The molecule has 138 valence electrons. The molecule has 3 nitrogen and oxygen atoms in total. The molecule has 0 bridgehead atoms. The van der Waals surface area contributed by atoms with E-state index in [1.54, 1.807) is 13.2 Å². The van der Waals surface area contributed by atoms with Crippen molar-refractivity contribution < 1.29 is 14.3 Å². The van der Waals surface area contributed by atoms with Crippen LogP contribution in [0, 0.1) is 6.92 Å². The van der Waals surface area contributed by atoms with E-state index in [4.69, 9.17) is 9.16 Å². The zero-order valence-corrected chi connectivity index (χ0v) is 17.7. The van der Waals surface area contributed by atoms with Gasteiger partial charge in [-0.1, -0.05) is 32.9 Å². The summed E-state index contributed by atoms with van der Waals surface area (Å²) in [5.74, 6) is 1.88. The molecular weight excluding hydrogens is 340 g/mol. The molecule has 0 saturated heterocycles. The first-order valence-electron chi connectivity index (χ1n) is 8.97. The number of phenolic OH excluding ortho intramolecular Hbond substituents is 1. The quantitative estimate of drug-likeness (QED) is 0.429. The van der Waals surface area contributed by atoms with Crippen molar-refractivity contribution in [2.24, 2.45) is 0 Å². The molecule has 0 aliphatic rings. The second-order valence-corrected chi connectivity index (χ2v) is 13.2. The summed E-state index contributed by atoms with van der Waals surface area (Å²) in [6.07, 6.45) is 0. The number of hydrogen-bond acceptors (Lipinski definition) is 3. The largest absolute Gasteiger partial charge is 0.541 e. The minimum atomic E-state index is -1.99. The van der Waals surface area contributed by atoms with Gasteiger partial charge in [0.2, 0.25) is 0 Å². The predicted octanol–water partition coefficient (Wildman–Crippen LogP) is 6.40. The highest BCUT2D eigenvalue weighted by atomic mass is 28.4. The minimum absolute atomic E-state index is 0.106. The maximum Gasteiger partial charge on any atom is 0.250 e. The molecule has 0 radical (unpaired) electrons. The van der Waals surface area contributed by atoms with Crippen LogP contribution in [0.5, 0.6) is 17.2 Å². The van der Waals surface area contributed by atoms with Crippen molar-refractivity contribution in [3.8, 4) is 17.2 Å². The molecule has 0 saturated carbocycles. The van der Waals surface area contributed by atoms with E-state index in [1.807, 2.05) is 24.3 Å². The molecule has 0 aliphatic heterocycles. The first kappa shape index (κ1) is 18.6. The summed E-state index contributed by atoms with van der Waals surface area (Å²) in [7, 11) is -0.317. The fourth-order valence-electron chi connectivity index (χ4n) is 2.97. The van der Waals surface area contributed by atoms with Crippen molar-refractivity contribution in [2.45, 2.75) is 45.8 Å². The van der Waals surface area contributed by atoms with E-state index in [9.17, 15) is 5.11 Å². The molecule has 0 aromatic heterocycles. The average molecular weight is 369 g/mol. The molecule has 26 heavy (non-hydrogen) atoms. The third-order valence-electron chi connectivity index (χ3n) is 5.67. The summed E-state index contributed by atoms with van der Waals surface area (Å²) in [6.45, 7) is 13.3. The zero-order valence-electron chi connectivity index (χ0n) is 16.7. The number of hydrogen-bond donors (Lipinski definition) is 1. The number of aryl methyl sites for hydroxylation is 1. The Morgan fingerprint density at radius 3 is 2.23 bits per heavy atom. The maximum atomic E-state index is 10.2. The van der Waals surface area contributed by atoms with E-state index in [1.165, 1.54) is 0 Å². The van der Waals surface area contributed by atoms with Crippen LogP contribution in [0.25, 0.3) is 21.5 Å².